The molecule has 20 heavy (non-hydrogen) atoms. The highest BCUT2D eigenvalue weighted by molar-refractivity contribution is 5.98. The summed E-state index contributed by atoms with van der Waals surface area (Å²) in [6.07, 6.45) is 2.09. The number of hydrogen-bond acceptors (Lipinski definition) is 5. The SMILES string of the molecule is CC1(C(=O)O)CC(C(=O)O)=CC=C1C1CC(=O)OC1=O. The van der Waals surface area contributed by atoms with Crippen molar-refractivity contribution >= 4 is 23.9 Å². The number of hydrogen-bond donors (Lipinski definition) is 2. The van der Waals surface area contributed by atoms with Gasteiger partial charge in [-0.25, -0.2) is 4.79 Å². The lowest BCUT2D eigenvalue weighted by Crippen LogP contribution is -2.37. The lowest BCUT2D eigenvalue weighted by Gasteiger charge is -2.32. The van der Waals surface area contributed by atoms with Crippen molar-refractivity contribution in [3.63, 3.8) is 0 Å². The zero-order valence-corrected chi connectivity index (χ0v) is 10.6. The number of carboxylic acids is 2. The third-order valence-electron chi connectivity index (χ3n) is 3.64. The first-order valence-electron chi connectivity index (χ1n) is 5.88. The summed E-state index contributed by atoms with van der Waals surface area (Å²) in [4.78, 5) is 45.2. The third-order valence-corrected chi connectivity index (χ3v) is 3.64. The lowest BCUT2D eigenvalue weighted by molar-refractivity contribution is -0.152. The van der Waals surface area contributed by atoms with Crippen molar-refractivity contribution in [2.45, 2.75) is 19.8 Å². The van der Waals surface area contributed by atoms with Crippen LogP contribution in [0.5, 0.6) is 0 Å². The Bertz CT molecular complexity index is 584. The molecule has 1 saturated heterocycles. The first kappa shape index (κ1) is 14.0. The molecule has 2 aliphatic rings. The van der Waals surface area contributed by atoms with Crippen molar-refractivity contribution in [1.82, 2.24) is 0 Å². The van der Waals surface area contributed by atoms with E-state index in [0.717, 1.165) is 0 Å². The zero-order chi connectivity index (χ0) is 15.1. The second-order valence-corrected chi connectivity index (χ2v) is 4.98. The molecule has 7 nitrogen and oxygen atoms in total. The van der Waals surface area contributed by atoms with E-state index in [0.29, 0.717) is 0 Å². The van der Waals surface area contributed by atoms with E-state index < -0.39 is 35.2 Å². The number of cyclic esters (lactones) is 2. The molecule has 1 heterocycles. The summed E-state index contributed by atoms with van der Waals surface area (Å²) < 4.78 is 4.43. The number of carboxylic acid groups (broad SMARTS) is 2. The van der Waals surface area contributed by atoms with Crippen LogP contribution in [0.2, 0.25) is 0 Å². The number of carbonyl (C=O) groups excluding carboxylic acids is 2. The third kappa shape index (κ3) is 2.11. The first-order chi connectivity index (χ1) is 9.25. The minimum atomic E-state index is -1.54. The molecule has 0 radical (unpaired) electrons. The lowest BCUT2D eigenvalue weighted by atomic mass is 9.69. The largest absolute Gasteiger partial charge is 0.481 e. The van der Waals surface area contributed by atoms with E-state index in [4.69, 9.17) is 5.11 Å². The molecule has 0 saturated carbocycles. The summed E-state index contributed by atoms with van der Waals surface area (Å²) in [5, 5.41) is 18.3. The van der Waals surface area contributed by atoms with E-state index in [1.807, 2.05) is 0 Å². The molecule has 1 aliphatic heterocycles. The molecule has 0 bridgehead atoms. The summed E-state index contributed by atoms with van der Waals surface area (Å²) >= 11 is 0. The predicted molar refractivity (Wildman–Crippen MR) is 63.4 cm³/mol. The molecule has 0 aromatic rings. The molecule has 106 valence electrons. The monoisotopic (exact) mass is 280 g/mol. The maximum Gasteiger partial charge on any atom is 0.331 e. The van der Waals surface area contributed by atoms with E-state index in [9.17, 15) is 24.3 Å². The molecule has 0 aromatic carbocycles. The highest BCUT2D eigenvalue weighted by atomic mass is 16.6. The highest BCUT2D eigenvalue weighted by Gasteiger charge is 2.49. The Morgan fingerprint density at radius 2 is 1.95 bits per heavy atom. The number of aliphatic carboxylic acids is 2. The molecule has 2 atom stereocenters. The van der Waals surface area contributed by atoms with Crippen LogP contribution in [0, 0.1) is 11.3 Å². The summed E-state index contributed by atoms with van der Waals surface area (Å²) in [6.45, 7) is 1.34. The van der Waals surface area contributed by atoms with Crippen LogP contribution < -0.4 is 0 Å². The summed E-state index contributed by atoms with van der Waals surface area (Å²) in [6, 6.07) is 0. The smallest absolute Gasteiger partial charge is 0.331 e. The zero-order valence-electron chi connectivity index (χ0n) is 10.6. The molecular formula is C13H12O7. The van der Waals surface area contributed by atoms with Gasteiger partial charge in [0.05, 0.1) is 17.8 Å². The van der Waals surface area contributed by atoms with Gasteiger partial charge in [0.2, 0.25) is 0 Å². The number of carbonyl (C=O) groups is 4. The second-order valence-electron chi connectivity index (χ2n) is 4.98. The average Bonchev–Trinajstić information content (AvgIpc) is 2.67. The van der Waals surface area contributed by atoms with Crippen molar-refractivity contribution in [2.75, 3.05) is 0 Å². The van der Waals surface area contributed by atoms with Gasteiger partial charge in [0, 0.05) is 5.57 Å². The molecule has 0 aromatic heterocycles. The molecule has 2 unspecified atom stereocenters. The van der Waals surface area contributed by atoms with Crippen molar-refractivity contribution in [2.24, 2.45) is 11.3 Å². The van der Waals surface area contributed by atoms with Crippen molar-refractivity contribution in [1.29, 1.82) is 0 Å². The van der Waals surface area contributed by atoms with Crippen LogP contribution in [0.3, 0.4) is 0 Å². The van der Waals surface area contributed by atoms with Gasteiger partial charge >= 0.3 is 23.9 Å². The Balaban J connectivity index is 2.47. The van der Waals surface area contributed by atoms with E-state index in [2.05, 4.69) is 4.74 Å². The first-order valence-corrected chi connectivity index (χ1v) is 5.88. The highest BCUT2D eigenvalue weighted by Crippen LogP contribution is 2.44. The fourth-order valence-electron chi connectivity index (χ4n) is 2.47. The number of rotatable bonds is 3. The fraction of sp³-hybridized carbons (Fsp3) is 0.385. The quantitative estimate of drug-likeness (QED) is 0.571. The normalized spacial score (nSPS) is 29.6. The Morgan fingerprint density at radius 1 is 1.30 bits per heavy atom. The number of esters is 2. The van der Waals surface area contributed by atoms with Crippen molar-refractivity contribution in [3.8, 4) is 0 Å². The van der Waals surface area contributed by atoms with Gasteiger partial charge < -0.3 is 14.9 Å². The van der Waals surface area contributed by atoms with Gasteiger partial charge in [0.15, 0.2) is 0 Å². The topological polar surface area (TPSA) is 118 Å². The van der Waals surface area contributed by atoms with Crippen LogP contribution >= 0.6 is 0 Å². The van der Waals surface area contributed by atoms with Gasteiger partial charge in [-0.2, -0.15) is 0 Å². The fourth-order valence-corrected chi connectivity index (χ4v) is 2.47. The van der Waals surface area contributed by atoms with Crippen LogP contribution in [-0.2, 0) is 23.9 Å². The Hall–Kier alpha value is -2.44. The summed E-state index contributed by atoms with van der Waals surface area (Å²) in [5.74, 6) is -4.92. The maximum absolute atomic E-state index is 11.6. The van der Waals surface area contributed by atoms with E-state index in [1.54, 1.807) is 0 Å². The Labute approximate surface area is 113 Å². The molecule has 1 fully saturated rings. The molecule has 0 spiro atoms. The van der Waals surface area contributed by atoms with Crippen molar-refractivity contribution in [3.05, 3.63) is 23.3 Å². The molecular weight excluding hydrogens is 268 g/mol. The minimum Gasteiger partial charge on any atom is -0.481 e. The Morgan fingerprint density at radius 3 is 2.40 bits per heavy atom. The minimum absolute atomic E-state index is 0.0589. The second kappa shape index (κ2) is 4.59. The van der Waals surface area contributed by atoms with Crippen molar-refractivity contribution < 1.29 is 34.1 Å². The van der Waals surface area contributed by atoms with Gasteiger partial charge in [-0.15, -0.1) is 0 Å². The van der Waals surface area contributed by atoms with Crippen LogP contribution in [0.1, 0.15) is 19.8 Å². The number of allylic oxidation sites excluding steroid dienone is 2. The number of ether oxygens (including phenoxy) is 1. The molecule has 2 rings (SSSR count). The van der Waals surface area contributed by atoms with E-state index in [-0.39, 0.29) is 24.0 Å². The van der Waals surface area contributed by atoms with Gasteiger partial charge in [0.25, 0.3) is 0 Å². The average molecular weight is 280 g/mol. The molecule has 7 heteroatoms. The molecule has 0 amide bonds. The molecule has 1 aliphatic carbocycles. The van der Waals surface area contributed by atoms with Crippen LogP contribution in [0.4, 0.5) is 0 Å². The Kier molecular flexibility index (Phi) is 3.21. The van der Waals surface area contributed by atoms with Gasteiger partial charge in [-0.05, 0) is 18.9 Å². The summed E-state index contributed by atoms with van der Waals surface area (Å²) in [7, 11) is 0. The van der Waals surface area contributed by atoms with Gasteiger partial charge in [0.1, 0.15) is 0 Å². The molecule has 2 N–H and O–H groups in total. The van der Waals surface area contributed by atoms with E-state index in [1.165, 1.54) is 19.1 Å². The maximum atomic E-state index is 11.6. The van der Waals surface area contributed by atoms with Crippen LogP contribution in [0.15, 0.2) is 23.3 Å². The van der Waals surface area contributed by atoms with E-state index >= 15 is 0 Å². The van der Waals surface area contributed by atoms with Gasteiger partial charge in [-0.1, -0.05) is 12.2 Å². The summed E-state index contributed by atoms with van der Waals surface area (Å²) in [5.41, 5.74) is -1.40. The predicted octanol–water partition coefficient (Wildman–Crippen LogP) is 0.508. The standard InChI is InChI=1S/C13H12O7/c1-13(12(18)19)5-6(10(15)16)2-3-8(13)7-4-9(14)20-11(7)17/h2-3,7H,4-5H2,1H3,(H,15,16)(H,18,19). The van der Waals surface area contributed by atoms with Gasteiger partial charge in [-0.3, -0.25) is 14.4 Å². The van der Waals surface area contributed by atoms with Crippen LogP contribution in [-0.4, -0.2) is 34.1 Å². The van der Waals surface area contributed by atoms with Crippen LogP contribution in [0.25, 0.3) is 0 Å².